The summed E-state index contributed by atoms with van der Waals surface area (Å²) in [5.41, 5.74) is 3.40. The van der Waals surface area contributed by atoms with E-state index in [1.54, 1.807) is 11.8 Å². The molecule has 0 bridgehead atoms. The lowest BCUT2D eigenvalue weighted by atomic mass is 10.1. The maximum Gasteiger partial charge on any atom is 0.237 e. The van der Waals surface area contributed by atoms with Crippen molar-refractivity contribution in [2.75, 3.05) is 10.6 Å². The van der Waals surface area contributed by atoms with Crippen molar-refractivity contribution in [2.24, 2.45) is 0 Å². The first-order valence-electron chi connectivity index (χ1n) is 5.77. The summed E-state index contributed by atoms with van der Waals surface area (Å²) in [5, 5.41) is 4.06. The van der Waals surface area contributed by atoms with Gasteiger partial charge >= 0.3 is 0 Å². The monoisotopic (exact) mass is 313 g/mol. The molecule has 0 fully saturated rings. The molecule has 1 N–H and O–H groups in total. The summed E-state index contributed by atoms with van der Waals surface area (Å²) in [6, 6.07) is 4.19. The van der Waals surface area contributed by atoms with Gasteiger partial charge in [-0.25, -0.2) is 0 Å². The Morgan fingerprint density at radius 3 is 2.76 bits per heavy atom. The minimum absolute atomic E-state index is 0.0561. The third-order valence-corrected chi connectivity index (χ3v) is 5.02. The number of fused-ring (bicyclic) bond motifs is 1. The molecule has 1 aliphatic rings. The van der Waals surface area contributed by atoms with Crippen LogP contribution in [0.3, 0.4) is 0 Å². The molecule has 4 heteroatoms. The number of nitrogens with one attached hydrogen (secondary N) is 1. The van der Waals surface area contributed by atoms with Crippen molar-refractivity contribution in [1.82, 2.24) is 0 Å². The van der Waals surface area contributed by atoms with Crippen LogP contribution in [-0.2, 0) is 4.79 Å². The van der Waals surface area contributed by atoms with Gasteiger partial charge in [-0.1, -0.05) is 28.1 Å². The smallest absolute Gasteiger partial charge is 0.237 e. The van der Waals surface area contributed by atoms with Crippen molar-refractivity contribution >= 4 is 39.3 Å². The molecule has 0 aromatic heterocycles. The van der Waals surface area contributed by atoms with Crippen LogP contribution in [0.4, 0.5) is 5.69 Å². The Labute approximate surface area is 115 Å². The quantitative estimate of drug-likeness (QED) is 0.858. The summed E-state index contributed by atoms with van der Waals surface area (Å²) in [5.74, 6) is 0.150. The van der Waals surface area contributed by atoms with Crippen molar-refractivity contribution in [3.8, 4) is 0 Å². The van der Waals surface area contributed by atoms with E-state index in [1.807, 2.05) is 6.92 Å². The largest absolute Gasteiger partial charge is 0.324 e. The summed E-state index contributed by atoms with van der Waals surface area (Å²) >= 11 is 5.13. The first-order valence-corrected chi connectivity index (χ1v) is 7.77. The maximum atomic E-state index is 12.0. The van der Waals surface area contributed by atoms with Crippen molar-refractivity contribution in [3.05, 3.63) is 23.3 Å². The van der Waals surface area contributed by atoms with Gasteiger partial charge in [0.25, 0.3) is 0 Å². The van der Waals surface area contributed by atoms with E-state index in [1.165, 1.54) is 10.5 Å². The lowest BCUT2D eigenvalue weighted by molar-refractivity contribution is -0.115. The molecule has 0 saturated carbocycles. The van der Waals surface area contributed by atoms with Crippen LogP contribution < -0.4 is 5.32 Å². The molecular formula is C13H16BrNOS. The number of halogens is 1. The number of alkyl halides is 1. The van der Waals surface area contributed by atoms with Gasteiger partial charge in [-0.15, -0.1) is 11.8 Å². The highest BCUT2D eigenvalue weighted by Gasteiger charge is 2.28. The summed E-state index contributed by atoms with van der Waals surface area (Å²) in [6.07, 6.45) is 1.96. The van der Waals surface area contributed by atoms with Gasteiger partial charge in [0.05, 0.1) is 10.9 Å². The molecule has 0 radical (unpaired) electrons. The Morgan fingerprint density at radius 1 is 1.35 bits per heavy atom. The van der Waals surface area contributed by atoms with Crippen molar-refractivity contribution < 1.29 is 4.79 Å². The van der Waals surface area contributed by atoms with E-state index in [-0.39, 0.29) is 11.2 Å². The molecule has 0 aliphatic carbocycles. The van der Waals surface area contributed by atoms with Crippen molar-refractivity contribution in [1.29, 1.82) is 0 Å². The molecule has 1 atom stereocenters. The van der Waals surface area contributed by atoms with Crippen LogP contribution in [0.15, 0.2) is 17.0 Å². The molecule has 1 aliphatic heterocycles. The number of rotatable bonds is 3. The Hall–Kier alpha value is -0.480. The minimum atomic E-state index is 0.0561. The fourth-order valence-corrected chi connectivity index (χ4v) is 3.59. The van der Waals surface area contributed by atoms with E-state index in [0.29, 0.717) is 0 Å². The van der Waals surface area contributed by atoms with Gasteiger partial charge in [-0.05, 0) is 37.8 Å². The normalized spacial score (nSPS) is 18.8. The molecule has 1 aromatic rings. The lowest BCUT2D eigenvalue weighted by Gasteiger charge is -2.26. The predicted molar refractivity (Wildman–Crippen MR) is 77.2 cm³/mol. The Morgan fingerprint density at radius 2 is 2.06 bits per heavy atom. The van der Waals surface area contributed by atoms with Crippen LogP contribution in [0.2, 0.25) is 0 Å². The third-order valence-electron chi connectivity index (χ3n) is 2.96. The fraction of sp³-hybridized carbons (Fsp3) is 0.462. The predicted octanol–water partition coefficient (Wildman–Crippen LogP) is 3.89. The zero-order valence-electron chi connectivity index (χ0n) is 10.0. The van der Waals surface area contributed by atoms with Crippen molar-refractivity contribution in [2.45, 2.75) is 36.8 Å². The first-order chi connectivity index (χ1) is 8.13. The Kier molecular flexibility index (Phi) is 4.15. The van der Waals surface area contributed by atoms with Gasteiger partial charge in [0, 0.05) is 10.2 Å². The van der Waals surface area contributed by atoms with Crippen molar-refractivity contribution in [3.63, 3.8) is 0 Å². The van der Waals surface area contributed by atoms with Gasteiger partial charge in [-0.3, -0.25) is 4.79 Å². The highest BCUT2D eigenvalue weighted by atomic mass is 79.9. The molecule has 17 heavy (non-hydrogen) atoms. The SMILES string of the molecule is Cc1ccc(C)c2c1NC(=O)C(CCCBr)S2. The van der Waals surface area contributed by atoms with Crippen LogP contribution in [0, 0.1) is 13.8 Å². The summed E-state index contributed by atoms with van der Waals surface area (Å²) < 4.78 is 0. The number of carbonyl (C=O) groups excluding carboxylic acids is 1. The molecule has 1 amide bonds. The fourth-order valence-electron chi connectivity index (χ4n) is 1.94. The van der Waals surface area contributed by atoms with E-state index < -0.39 is 0 Å². The maximum absolute atomic E-state index is 12.0. The molecule has 0 saturated heterocycles. The van der Waals surface area contributed by atoms with Gasteiger partial charge in [0.2, 0.25) is 5.91 Å². The second kappa shape index (κ2) is 5.44. The van der Waals surface area contributed by atoms with E-state index in [2.05, 4.69) is 40.3 Å². The molecule has 0 spiro atoms. The van der Waals surface area contributed by atoms with Gasteiger partial charge in [-0.2, -0.15) is 0 Å². The number of anilines is 1. The van der Waals surface area contributed by atoms with Gasteiger partial charge in [0.15, 0.2) is 0 Å². The van der Waals surface area contributed by atoms with Crippen LogP contribution in [-0.4, -0.2) is 16.5 Å². The molecule has 2 nitrogen and oxygen atoms in total. The molecule has 1 unspecified atom stereocenters. The Balaban J connectivity index is 2.27. The highest BCUT2D eigenvalue weighted by Crippen LogP contribution is 2.41. The number of carbonyl (C=O) groups is 1. The third kappa shape index (κ3) is 2.68. The van der Waals surface area contributed by atoms with Crippen LogP contribution >= 0.6 is 27.7 Å². The summed E-state index contributed by atoms with van der Waals surface area (Å²) in [6.45, 7) is 4.14. The second-order valence-corrected chi connectivity index (χ2v) is 6.34. The molecule has 92 valence electrons. The topological polar surface area (TPSA) is 29.1 Å². The first kappa shape index (κ1) is 13.0. The molecule has 1 heterocycles. The van der Waals surface area contributed by atoms with E-state index >= 15 is 0 Å². The molecule has 2 rings (SSSR count). The van der Waals surface area contributed by atoms with E-state index in [0.717, 1.165) is 29.4 Å². The molecule has 1 aromatic carbocycles. The number of aryl methyl sites for hydroxylation is 2. The standard InChI is InChI=1S/C13H16BrNOS/c1-8-5-6-9(2)12-11(8)15-13(16)10(17-12)4-3-7-14/h5-6,10H,3-4,7H2,1-2H3,(H,15,16). The van der Waals surface area contributed by atoms with E-state index in [4.69, 9.17) is 0 Å². The number of thioether (sulfide) groups is 1. The number of hydrogen-bond donors (Lipinski definition) is 1. The highest BCUT2D eigenvalue weighted by molar-refractivity contribution is 9.09. The second-order valence-electron chi connectivity index (χ2n) is 4.33. The van der Waals surface area contributed by atoms with Crippen LogP contribution in [0.5, 0.6) is 0 Å². The van der Waals surface area contributed by atoms with Crippen LogP contribution in [0.1, 0.15) is 24.0 Å². The number of amides is 1. The van der Waals surface area contributed by atoms with Crippen LogP contribution in [0.25, 0.3) is 0 Å². The van der Waals surface area contributed by atoms with E-state index in [9.17, 15) is 4.79 Å². The number of hydrogen-bond acceptors (Lipinski definition) is 2. The Bertz CT molecular complexity index is 447. The number of benzene rings is 1. The van der Waals surface area contributed by atoms with Gasteiger partial charge < -0.3 is 5.32 Å². The molecular weight excluding hydrogens is 298 g/mol. The minimum Gasteiger partial charge on any atom is -0.324 e. The van der Waals surface area contributed by atoms with Gasteiger partial charge in [0.1, 0.15) is 0 Å². The zero-order chi connectivity index (χ0) is 12.4. The zero-order valence-corrected chi connectivity index (χ0v) is 12.5. The lowest BCUT2D eigenvalue weighted by Crippen LogP contribution is -2.29. The summed E-state index contributed by atoms with van der Waals surface area (Å²) in [7, 11) is 0. The summed E-state index contributed by atoms with van der Waals surface area (Å²) in [4.78, 5) is 13.2. The average molecular weight is 314 g/mol. The average Bonchev–Trinajstić information content (AvgIpc) is 2.32.